The molecule has 2 aliphatic rings. The van der Waals surface area contributed by atoms with E-state index in [1.54, 1.807) is 4.90 Å². The molecule has 4 heterocycles. The molecule has 0 bridgehead atoms. The summed E-state index contributed by atoms with van der Waals surface area (Å²) >= 11 is 1.44. The van der Waals surface area contributed by atoms with Crippen LogP contribution in [0.3, 0.4) is 0 Å². The Morgan fingerprint density at radius 3 is 2.58 bits per heavy atom. The van der Waals surface area contributed by atoms with Crippen molar-refractivity contribution in [1.82, 2.24) is 24.8 Å². The number of halogens is 2. The number of phenols is 1. The molecule has 43 heavy (non-hydrogen) atoms. The van der Waals surface area contributed by atoms with Crippen LogP contribution in [0.2, 0.25) is 0 Å². The van der Waals surface area contributed by atoms with Gasteiger partial charge in [-0.1, -0.05) is 26.5 Å². The van der Waals surface area contributed by atoms with Crippen molar-refractivity contribution in [2.75, 3.05) is 24.2 Å². The van der Waals surface area contributed by atoms with Crippen LogP contribution in [0.5, 0.6) is 5.75 Å². The molecular weight excluding hydrogens is 574 g/mol. The van der Waals surface area contributed by atoms with E-state index in [4.69, 9.17) is 0 Å². The highest BCUT2D eigenvalue weighted by Crippen LogP contribution is 2.38. The quantitative estimate of drug-likeness (QED) is 0.388. The first-order valence-corrected chi connectivity index (χ1v) is 15.2. The van der Waals surface area contributed by atoms with Crippen LogP contribution in [0.25, 0.3) is 28.0 Å². The number of aromatic nitrogens is 3. The Morgan fingerprint density at radius 2 is 1.93 bits per heavy atom. The van der Waals surface area contributed by atoms with Gasteiger partial charge in [0.15, 0.2) is 11.5 Å². The van der Waals surface area contributed by atoms with Gasteiger partial charge in [-0.15, -0.1) is 11.8 Å². The predicted octanol–water partition coefficient (Wildman–Crippen LogP) is 4.73. The molecule has 1 unspecified atom stereocenters. The van der Waals surface area contributed by atoms with Crippen LogP contribution in [0.15, 0.2) is 58.9 Å². The normalized spacial score (nSPS) is 20.6. The van der Waals surface area contributed by atoms with Gasteiger partial charge in [-0.2, -0.15) is 4.98 Å². The Kier molecular flexibility index (Phi) is 8.33. The van der Waals surface area contributed by atoms with E-state index in [2.05, 4.69) is 21.9 Å². The SMILES string of the molecule is C=CC(=O)N1C[C@H](C)N(c2nc(=O)n(C3=C(SC)C=CNC3C(C)C)c3nc(-c4c(O)cccc4F)c(F)cc23)C[C@H]1C. The minimum absolute atomic E-state index is 0.0376. The van der Waals surface area contributed by atoms with Gasteiger partial charge in [-0.3, -0.25) is 4.79 Å². The summed E-state index contributed by atoms with van der Waals surface area (Å²) in [5.41, 5.74) is -0.812. The highest BCUT2D eigenvalue weighted by atomic mass is 32.2. The highest BCUT2D eigenvalue weighted by Gasteiger charge is 2.35. The summed E-state index contributed by atoms with van der Waals surface area (Å²) in [4.78, 5) is 40.0. The summed E-state index contributed by atoms with van der Waals surface area (Å²) < 4.78 is 32.3. The lowest BCUT2D eigenvalue weighted by atomic mass is 9.98. The fraction of sp³-hybridized carbons (Fsp3) is 0.355. The molecule has 2 aliphatic heterocycles. The van der Waals surface area contributed by atoms with Gasteiger partial charge in [0.1, 0.15) is 23.1 Å². The van der Waals surface area contributed by atoms with Crippen molar-refractivity contribution in [3.8, 4) is 17.0 Å². The first kappa shape index (κ1) is 30.3. The zero-order valence-electron chi connectivity index (χ0n) is 24.6. The lowest BCUT2D eigenvalue weighted by molar-refractivity contribution is -0.128. The van der Waals surface area contributed by atoms with Gasteiger partial charge < -0.3 is 20.2 Å². The predicted molar refractivity (Wildman–Crippen MR) is 167 cm³/mol. The largest absolute Gasteiger partial charge is 0.507 e. The Bertz CT molecular complexity index is 1720. The molecule has 1 amide bonds. The molecule has 12 heteroatoms. The number of benzene rings is 1. The van der Waals surface area contributed by atoms with Crippen LogP contribution in [-0.2, 0) is 4.79 Å². The van der Waals surface area contributed by atoms with E-state index in [1.807, 2.05) is 51.1 Å². The zero-order valence-corrected chi connectivity index (χ0v) is 25.5. The molecule has 3 atom stereocenters. The van der Waals surface area contributed by atoms with E-state index in [0.717, 1.165) is 11.0 Å². The molecule has 0 spiro atoms. The van der Waals surface area contributed by atoms with E-state index in [9.17, 15) is 14.7 Å². The number of piperazine rings is 1. The van der Waals surface area contributed by atoms with Crippen molar-refractivity contribution < 1.29 is 18.7 Å². The second-order valence-corrected chi connectivity index (χ2v) is 11.9. The number of carbonyl (C=O) groups excluding carboxylic acids is 1. The molecule has 1 fully saturated rings. The Labute approximate surface area is 252 Å². The van der Waals surface area contributed by atoms with E-state index < -0.39 is 34.3 Å². The molecule has 0 aliphatic carbocycles. The van der Waals surface area contributed by atoms with E-state index in [-0.39, 0.29) is 46.8 Å². The summed E-state index contributed by atoms with van der Waals surface area (Å²) in [5, 5.41) is 14.1. The van der Waals surface area contributed by atoms with Gasteiger partial charge >= 0.3 is 5.69 Å². The van der Waals surface area contributed by atoms with Crippen LogP contribution < -0.4 is 15.9 Å². The maximum absolute atomic E-state index is 15.9. The number of anilines is 1. The minimum Gasteiger partial charge on any atom is -0.507 e. The third kappa shape index (κ3) is 5.28. The number of aromatic hydroxyl groups is 1. The van der Waals surface area contributed by atoms with Crippen LogP contribution in [-0.4, -0.2) is 67.9 Å². The molecular formula is C31H34F2N6O3S. The molecule has 1 aromatic carbocycles. The average molecular weight is 609 g/mol. The summed E-state index contributed by atoms with van der Waals surface area (Å²) in [7, 11) is 0. The fourth-order valence-electron chi connectivity index (χ4n) is 5.79. The van der Waals surface area contributed by atoms with Crippen molar-refractivity contribution in [3.05, 3.63) is 76.2 Å². The van der Waals surface area contributed by atoms with E-state index in [1.165, 1.54) is 40.6 Å². The van der Waals surface area contributed by atoms with E-state index >= 15 is 8.78 Å². The maximum atomic E-state index is 15.9. The van der Waals surface area contributed by atoms with Gasteiger partial charge in [-0.05, 0) is 62.6 Å². The molecule has 226 valence electrons. The number of hydrogen-bond acceptors (Lipinski definition) is 8. The van der Waals surface area contributed by atoms with Crippen molar-refractivity contribution in [2.45, 2.75) is 45.8 Å². The smallest absolute Gasteiger partial charge is 0.355 e. The fourth-order valence-corrected chi connectivity index (χ4v) is 6.42. The van der Waals surface area contributed by atoms with Crippen LogP contribution in [0.4, 0.5) is 14.6 Å². The topological polar surface area (TPSA) is 104 Å². The second kappa shape index (κ2) is 11.8. The summed E-state index contributed by atoms with van der Waals surface area (Å²) in [6.07, 6.45) is 6.82. The number of rotatable bonds is 6. The molecule has 0 saturated carbocycles. The van der Waals surface area contributed by atoms with Gasteiger partial charge in [-0.25, -0.2) is 23.1 Å². The number of thioether (sulfide) groups is 1. The zero-order chi connectivity index (χ0) is 31.2. The van der Waals surface area contributed by atoms with Gasteiger partial charge in [0.2, 0.25) is 5.91 Å². The van der Waals surface area contributed by atoms with Gasteiger partial charge in [0, 0.05) is 30.1 Å². The first-order chi connectivity index (χ1) is 20.5. The third-order valence-electron chi connectivity index (χ3n) is 7.93. The monoisotopic (exact) mass is 608 g/mol. The van der Waals surface area contributed by atoms with Crippen molar-refractivity contribution in [1.29, 1.82) is 0 Å². The average Bonchev–Trinajstić information content (AvgIpc) is 2.97. The summed E-state index contributed by atoms with van der Waals surface area (Å²) in [6.45, 7) is 12.0. The lowest BCUT2D eigenvalue weighted by Crippen LogP contribution is -2.58. The molecule has 2 aromatic heterocycles. The highest BCUT2D eigenvalue weighted by molar-refractivity contribution is 8.02. The lowest BCUT2D eigenvalue weighted by Gasteiger charge is -2.44. The van der Waals surface area contributed by atoms with Crippen molar-refractivity contribution >= 4 is 40.2 Å². The third-order valence-corrected chi connectivity index (χ3v) is 8.72. The van der Waals surface area contributed by atoms with Crippen LogP contribution in [0.1, 0.15) is 27.7 Å². The molecule has 2 N–H and O–H groups in total. The standard InChI is InChI=1S/C31H34F2N6O3S/c1-7-24(41)37-14-18(5)38(15-17(37)4)29-19-13-21(33)27(25-20(32)9-8-10-22(25)40)35-30(19)39(31(42)36-29)28-23(43-6)11-12-34-26(28)16(2)3/h7-13,16-18,26,34,40H,1,14-15H2,2-6H3/t17-,18+,26?/m1/s1. The number of phenolic OH excluding ortho intramolecular Hbond substituents is 1. The number of nitrogens with one attached hydrogen (secondary N) is 1. The summed E-state index contributed by atoms with van der Waals surface area (Å²) in [5.74, 6) is -2.18. The number of nitrogens with zero attached hydrogens (tertiary/aromatic N) is 5. The number of dihydropyridines is 1. The Balaban J connectivity index is 1.83. The number of allylic oxidation sites excluding steroid dienone is 1. The van der Waals surface area contributed by atoms with Crippen molar-refractivity contribution in [2.24, 2.45) is 5.92 Å². The number of amides is 1. The molecule has 5 rings (SSSR count). The molecule has 9 nitrogen and oxygen atoms in total. The van der Waals surface area contributed by atoms with Crippen LogP contribution >= 0.6 is 11.8 Å². The molecule has 0 radical (unpaired) electrons. The van der Waals surface area contributed by atoms with Crippen molar-refractivity contribution in [3.63, 3.8) is 0 Å². The Hall–Kier alpha value is -4.19. The number of pyridine rings is 1. The van der Waals surface area contributed by atoms with E-state index in [0.29, 0.717) is 18.8 Å². The maximum Gasteiger partial charge on any atom is 0.355 e. The summed E-state index contributed by atoms with van der Waals surface area (Å²) in [6, 6.07) is 4.01. The second-order valence-electron chi connectivity index (χ2n) is 11.1. The minimum atomic E-state index is -0.886. The molecule has 1 saturated heterocycles. The Morgan fingerprint density at radius 1 is 1.19 bits per heavy atom. The number of fused-ring (bicyclic) bond motifs is 1. The molecule has 3 aromatic rings. The number of hydrogen-bond donors (Lipinski definition) is 2. The van der Waals surface area contributed by atoms with Crippen LogP contribution in [0, 0.1) is 17.6 Å². The number of carbonyl (C=O) groups is 1. The van der Waals surface area contributed by atoms with Gasteiger partial charge in [0.05, 0.1) is 22.7 Å². The first-order valence-electron chi connectivity index (χ1n) is 14.0. The van der Waals surface area contributed by atoms with Gasteiger partial charge in [0.25, 0.3) is 0 Å².